The van der Waals surface area contributed by atoms with Gasteiger partial charge in [-0.25, -0.2) is 0 Å². The third kappa shape index (κ3) is 5.21. The van der Waals surface area contributed by atoms with Crippen LogP contribution < -0.4 is 9.80 Å². The number of para-hydroxylation sites is 4. The largest absolute Gasteiger partial charge is 0.310 e. The van der Waals surface area contributed by atoms with E-state index in [9.17, 15) is 0 Å². The molecule has 0 saturated heterocycles. The number of hydrogen-bond donors (Lipinski definition) is 0. The Morgan fingerprint density at radius 2 is 0.896 bits per heavy atom. The minimum absolute atomic E-state index is 0.417. The van der Waals surface area contributed by atoms with Crippen LogP contribution >= 0.6 is 0 Å². The molecule has 8 rings (SSSR count). The maximum absolute atomic E-state index is 2.50. The molecule has 2 nitrogen and oxygen atoms in total. The molecule has 238 valence electrons. The summed E-state index contributed by atoms with van der Waals surface area (Å²) in [5, 5.41) is 0. The van der Waals surface area contributed by atoms with E-state index in [1.165, 1.54) is 84.2 Å². The molecule has 6 aromatic rings. The topological polar surface area (TPSA) is 6.48 Å². The SMILES string of the molecule is CCC(C)c1cc(N2c3ccccc3CCc3ccccc32)ccc1-c1c(C)cc(N2c3ccccc3CCc3ccccc32)cc1C. The van der Waals surface area contributed by atoms with Gasteiger partial charge in [0.15, 0.2) is 0 Å². The Labute approximate surface area is 286 Å². The van der Waals surface area contributed by atoms with Gasteiger partial charge < -0.3 is 9.80 Å². The Morgan fingerprint density at radius 1 is 0.500 bits per heavy atom. The average molecular weight is 625 g/mol. The molecule has 0 aromatic heterocycles. The second-order valence-corrected chi connectivity index (χ2v) is 13.7. The van der Waals surface area contributed by atoms with Crippen molar-refractivity contribution in [1.82, 2.24) is 0 Å². The maximum atomic E-state index is 2.50. The van der Waals surface area contributed by atoms with Crippen molar-refractivity contribution >= 4 is 34.1 Å². The van der Waals surface area contributed by atoms with E-state index in [1.807, 2.05) is 0 Å². The van der Waals surface area contributed by atoms with Gasteiger partial charge in [-0.2, -0.15) is 0 Å². The first-order valence-electron chi connectivity index (χ1n) is 17.7. The first-order valence-corrected chi connectivity index (χ1v) is 17.7. The number of aryl methyl sites for hydroxylation is 6. The van der Waals surface area contributed by atoms with E-state index >= 15 is 0 Å². The number of fused-ring (bicyclic) bond motifs is 4. The van der Waals surface area contributed by atoms with Crippen LogP contribution in [0.25, 0.3) is 11.1 Å². The molecule has 0 fully saturated rings. The summed E-state index contributed by atoms with van der Waals surface area (Å²) in [5.74, 6) is 0.417. The molecule has 1 unspecified atom stereocenters. The maximum Gasteiger partial charge on any atom is 0.0493 e. The van der Waals surface area contributed by atoms with Gasteiger partial charge in [0.25, 0.3) is 0 Å². The lowest BCUT2D eigenvalue weighted by Gasteiger charge is -2.30. The summed E-state index contributed by atoms with van der Waals surface area (Å²) in [6, 6.07) is 47.8. The monoisotopic (exact) mass is 624 g/mol. The molecule has 6 aromatic carbocycles. The van der Waals surface area contributed by atoms with Crippen LogP contribution in [0.4, 0.5) is 34.1 Å². The summed E-state index contributed by atoms with van der Waals surface area (Å²) < 4.78 is 0. The molecule has 0 bridgehead atoms. The number of rotatable bonds is 5. The van der Waals surface area contributed by atoms with E-state index in [4.69, 9.17) is 0 Å². The molecule has 0 radical (unpaired) electrons. The van der Waals surface area contributed by atoms with Crippen molar-refractivity contribution in [2.24, 2.45) is 0 Å². The van der Waals surface area contributed by atoms with Crippen LogP contribution in [-0.4, -0.2) is 0 Å². The van der Waals surface area contributed by atoms with E-state index in [0.717, 1.165) is 32.1 Å². The Morgan fingerprint density at radius 3 is 1.31 bits per heavy atom. The van der Waals surface area contributed by atoms with Crippen LogP contribution in [-0.2, 0) is 25.7 Å². The molecule has 48 heavy (non-hydrogen) atoms. The van der Waals surface area contributed by atoms with Crippen molar-refractivity contribution in [3.8, 4) is 11.1 Å². The highest BCUT2D eigenvalue weighted by atomic mass is 15.2. The van der Waals surface area contributed by atoms with Crippen molar-refractivity contribution in [1.29, 1.82) is 0 Å². The zero-order chi connectivity index (χ0) is 32.8. The highest BCUT2D eigenvalue weighted by molar-refractivity contribution is 5.87. The van der Waals surface area contributed by atoms with Crippen LogP contribution in [0.5, 0.6) is 0 Å². The number of hydrogen-bond acceptors (Lipinski definition) is 2. The van der Waals surface area contributed by atoms with Gasteiger partial charge in [-0.3, -0.25) is 0 Å². The third-order valence-electron chi connectivity index (χ3n) is 10.7. The quantitative estimate of drug-likeness (QED) is 0.188. The summed E-state index contributed by atoms with van der Waals surface area (Å²) in [6.07, 6.45) is 5.29. The van der Waals surface area contributed by atoms with Gasteiger partial charge in [0, 0.05) is 34.1 Å². The molecular formula is C46H44N2. The van der Waals surface area contributed by atoms with Gasteiger partial charge >= 0.3 is 0 Å². The number of anilines is 6. The first-order chi connectivity index (χ1) is 23.5. The van der Waals surface area contributed by atoms with Gasteiger partial charge in [-0.05, 0) is 150 Å². The predicted molar refractivity (Wildman–Crippen MR) is 204 cm³/mol. The van der Waals surface area contributed by atoms with E-state index in [1.54, 1.807) is 0 Å². The van der Waals surface area contributed by atoms with Crippen LogP contribution in [0.15, 0.2) is 127 Å². The van der Waals surface area contributed by atoms with Crippen molar-refractivity contribution in [3.05, 3.63) is 166 Å². The zero-order valence-electron chi connectivity index (χ0n) is 28.6. The highest BCUT2D eigenvalue weighted by Crippen LogP contribution is 2.47. The van der Waals surface area contributed by atoms with Crippen molar-refractivity contribution < 1.29 is 0 Å². The summed E-state index contributed by atoms with van der Waals surface area (Å²) in [6.45, 7) is 9.31. The van der Waals surface area contributed by atoms with Crippen LogP contribution in [0, 0.1) is 13.8 Å². The van der Waals surface area contributed by atoms with E-state index in [2.05, 4.69) is 165 Å². The van der Waals surface area contributed by atoms with Gasteiger partial charge in [0.2, 0.25) is 0 Å². The Bertz CT molecular complexity index is 2020. The molecule has 0 saturated carbocycles. The Kier molecular flexibility index (Phi) is 7.89. The lowest BCUT2D eigenvalue weighted by atomic mass is 9.85. The molecular weight excluding hydrogens is 581 g/mol. The molecule has 2 heterocycles. The second kappa shape index (κ2) is 12.5. The molecule has 0 N–H and O–H groups in total. The fourth-order valence-corrected chi connectivity index (χ4v) is 8.16. The second-order valence-electron chi connectivity index (χ2n) is 13.7. The van der Waals surface area contributed by atoms with Gasteiger partial charge in [0.05, 0.1) is 0 Å². The minimum atomic E-state index is 0.417. The number of benzene rings is 6. The fourth-order valence-electron chi connectivity index (χ4n) is 8.16. The standard InChI is InChI=1S/C46H44N2/c1-5-31(2)41-30-38(47-42-18-10-6-14-34(42)22-23-35-15-7-11-19-43(35)47)26-27-40(41)46-32(3)28-39(29-33(46)4)48-44-20-12-8-16-36(44)24-25-37-17-9-13-21-45(37)48/h6-21,26-31H,5,22-25H2,1-4H3. The Hall–Kier alpha value is -5.08. The molecule has 2 heteroatoms. The molecule has 0 amide bonds. The van der Waals surface area contributed by atoms with E-state index < -0.39 is 0 Å². The molecule has 0 spiro atoms. The lowest BCUT2D eigenvalue weighted by molar-refractivity contribution is 0.735. The lowest BCUT2D eigenvalue weighted by Crippen LogP contribution is -2.13. The van der Waals surface area contributed by atoms with Crippen molar-refractivity contribution in [2.75, 3.05) is 9.80 Å². The molecule has 2 aliphatic heterocycles. The van der Waals surface area contributed by atoms with Crippen molar-refractivity contribution in [3.63, 3.8) is 0 Å². The van der Waals surface area contributed by atoms with E-state index in [-0.39, 0.29) is 0 Å². The number of nitrogens with zero attached hydrogens (tertiary/aromatic N) is 2. The smallest absolute Gasteiger partial charge is 0.0493 e. The summed E-state index contributed by atoms with van der Waals surface area (Å²) >= 11 is 0. The van der Waals surface area contributed by atoms with Crippen LogP contribution in [0.2, 0.25) is 0 Å². The molecule has 0 aliphatic carbocycles. The van der Waals surface area contributed by atoms with Gasteiger partial charge in [0.1, 0.15) is 0 Å². The molecule has 2 aliphatic rings. The summed E-state index contributed by atoms with van der Waals surface area (Å²) in [7, 11) is 0. The van der Waals surface area contributed by atoms with Gasteiger partial charge in [-0.1, -0.05) is 92.7 Å². The summed E-state index contributed by atoms with van der Waals surface area (Å²) in [5.41, 5.74) is 20.0. The van der Waals surface area contributed by atoms with Crippen LogP contribution in [0.1, 0.15) is 65.1 Å². The van der Waals surface area contributed by atoms with Gasteiger partial charge in [-0.15, -0.1) is 0 Å². The minimum Gasteiger partial charge on any atom is -0.310 e. The predicted octanol–water partition coefficient (Wildman–Crippen LogP) is 12.6. The third-order valence-corrected chi connectivity index (χ3v) is 10.7. The average Bonchev–Trinajstić information content (AvgIpc) is 3.39. The van der Waals surface area contributed by atoms with Crippen molar-refractivity contribution in [2.45, 2.75) is 65.7 Å². The van der Waals surface area contributed by atoms with E-state index in [0.29, 0.717) is 5.92 Å². The summed E-state index contributed by atoms with van der Waals surface area (Å²) in [4.78, 5) is 5.00. The highest BCUT2D eigenvalue weighted by Gasteiger charge is 2.26. The van der Waals surface area contributed by atoms with Crippen LogP contribution in [0.3, 0.4) is 0 Å². The normalized spacial score (nSPS) is 14.2. The first kappa shape index (κ1) is 30.3. The zero-order valence-corrected chi connectivity index (χ0v) is 28.6. The Balaban J connectivity index is 1.27. The fraction of sp³-hybridized carbons (Fsp3) is 0.217. The molecule has 1 atom stereocenters.